The van der Waals surface area contributed by atoms with Gasteiger partial charge in [0.25, 0.3) is 0 Å². The number of carbonyl (C=O) groups is 1. The van der Waals surface area contributed by atoms with E-state index in [0.29, 0.717) is 18.7 Å². The Morgan fingerprint density at radius 3 is 2.53 bits per heavy atom. The van der Waals surface area contributed by atoms with Gasteiger partial charge in [-0.1, -0.05) is 6.92 Å². The molecule has 0 aromatic carbocycles. The van der Waals surface area contributed by atoms with Gasteiger partial charge in [-0.3, -0.25) is 9.69 Å². The van der Waals surface area contributed by atoms with Crippen molar-refractivity contribution in [2.24, 2.45) is 5.73 Å². The van der Waals surface area contributed by atoms with Crippen LogP contribution in [-0.4, -0.2) is 42.1 Å². The summed E-state index contributed by atoms with van der Waals surface area (Å²) in [5.41, 5.74) is 5.94. The fourth-order valence-corrected chi connectivity index (χ4v) is 3.07. The van der Waals surface area contributed by atoms with Crippen molar-refractivity contribution in [1.82, 2.24) is 4.90 Å². The van der Waals surface area contributed by atoms with Crippen LogP contribution in [0, 0.1) is 0 Å². The first-order valence-electron chi connectivity index (χ1n) is 6.90. The minimum Gasteiger partial charge on any atom is -0.464 e. The van der Waals surface area contributed by atoms with Gasteiger partial charge in [0.15, 0.2) is 0 Å². The zero-order chi connectivity index (χ0) is 12.3. The Morgan fingerprint density at radius 2 is 2.00 bits per heavy atom. The Morgan fingerprint density at radius 1 is 1.29 bits per heavy atom. The van der Waals surface area contributed by atoms with Gasteiger partial charge in [-0.2, -0.15) is 0 Å². The molecule has 2 aliphatic rings. The number of nitrogens with zero attached hydrogens (tertiary/aromatic N) is 1. The number of hydrogen-bond donors (Lipinski definition) is 1. The number of hydrogen-bond acceptors (Lipinski definition) is 4. The van der Waals surface area contributed by atoms with Crippen LogP contribution in [0.1, 0.15) is 45.4 Å². The molecule has 0 aromatic rings. The lowest BCUT2D eigenvalue weighted by molar-refractivity contribution is -0.143. The monoisotopic (exact) mass is 240 g/mol. The number of cyclic esters (lactones) is 1. The minimum atomic E-state index is -0.0201. The van der Waals surface area contributed by atoms with E-state index in [1.165, 1.54) is 0 Å². The summed E-state index contributed by atoms with van der Waals surface area (Å²) < 4.78 is 5.10. The molecule has 0 amide bonds. The lowest BCUT2D eigenvalue weighted by atomic mass is 9.89. The number of ether oxygens (including phenoxy) is 1. The standard InChI is InChI=1S/C13H24N2O2/c1-2-8-15(12-7-9-17-13(12)16)11-5-3-10(14)4-6-11/h10-12H,2-9,14H2,1H3. The van der Waals surface area contributed by atoms with Crippen LogP contribution in [0.2, 0.25) is 0 Å². The summed E-state index contributed by atoms with van der Waals surface area (Å²) in [6.07, 6.45) is 6.39. The molecule has 4 nitrogen and oxygen atoms in total. The van der Waals surface area contributed by atoms with Crippen LogP contribution in [0.25, 0.3) is 0 Å². The smallest absolute Gasteiger partial charge is 0.323 e. The molecule has 1 aliphatic heterocycles. The molecule has 0 bridgehead atoms. The summed E-state index contributed by atoms with van der Waals surface area (Å²) in [5.74, 6) is -0.0201. The topological polar surface area (TPSA) is 55.6 Å². The maximum atomic E-state index is 11.7. The zero-order valence-electron chi connectivity index (χ0n) is 10.7. The molecule has 1 aliphatic carbocycles. The highest BCUT2D eigenvalue weighted by Crippen LogP contribution is 2.27. The van der Waals surface area contributed by atoms with Gasteiger partial charge in [0.1, 0.15) is 6.04 Å². The molecule has 0 radical (unpaired) electrons. The van der Waals surface area contributed by atoms with Crippen LogP contribution in [0.3, 0.4) is 0 Å². The van der Waals surface area contributed by atoms with Gasteiger partial charge in [0, 0.05) is 18.5 Å². The Kier molecular flexibility index (Phi) is 4.40. The fraction of sp³-hybridized carbons (Fsp3) is 0.923. The second-order valence-electron chi connectivity index (χ2n) is 5.28. The van der Waals surface area contributed by atoms with Gasteiger partial charge in [-0.15, -0.1) is 0 Å². The Balaban J connectivity index is 1.98. The molecule has 1 saturated carbocycles. The van der Waals surface area contributed by atoms with Crippen LogP contribution in [0.4, 0.5) is 0 Å². The summed E-state index contributed by atoms with van der Waals surface area (Å²) in [6.45, 7) is 3.76. The van der Waals surface area contributed by atoms with Crippen molar-refractivity contribution in [1.29, 1.82) is 0 Å². The van der Waals surface area contributed by atoms with E-state index < -0.39 is 0 Å². The van der Waals surface area contributed by atoms with Crippen LogP contribution in [0.15, 0.2) is 0 Å². The van der Waals surface area contributed by atoms with Gasteiger partial charge >= 0.3 is 5.97 Å². The first kappa shape index (κ1) is 12.8. The second-order valence-corrected chi connectivity index (χ2v) is 5.28. The Bertz CT molecular complexity index is 262. The van der Waals surface area contributed by atoms with Crippen LogP contribution in [0.5, 0.6) is 0 Å². The number of nitrogens with two attached hydrogens (primary N) is 1. The molecule has 1 heterocycles. The molecular formula is C13H24N2O2. The predicted octanol–water partition coefficient (Wildman–Crippen LogP) is 1.28. The Labute approximate surface area is 103 Å². The van der Waals surface area contributed by atoms with Gasteiger partial charge in [0.05, 0.1) is 6.61 Å². The lowest BCUT2D eigenvalue weighted by Gasteiger charge is -2.38. The average molecular weight is 240 g/mol. The van der Waals surface area contributed by atoms with Crippen molar-refractivity contribution in [2.75, 3.05) is 13.2 Å². The molecule has 1 unspecified atom stereocenters. The third-order valence-electron chi connectivity index (χ3n) is 4.00. The zero-order valence-corrected chi connectivity index (χ0v) is 10.7. The van der Waals surface area contributed by atoms with E-state index in [0.717, 1.165) is 45.1 Å². The highest BCUT2D eigenvalue weighted by atomic mass is 16.5. The third kappa shape index (κ3) is 2.99. The summed E-state index contributed by atoms with van der Waals surface area (Å²) in [7, 11) is 0. The van der Waals surface area contributed by atoms with E-state index >= 15 is 0 Å². The SMILES string of the molecule is CCCN(C1CCC(N)CC1)C1CCOC1=O. The van der Waals surface area contributed by atoms with E-state index in [1.807, 2.05) is 0 Å². The van der Waals surface area contributed by atoms with E-state index in [4.69, 9.17) is 10.5 Å². The summed E-state index contributed by atoms with van der Waals surface area (Å²) in [4.78, 5) is 14.1. The Hall–Kier alpha value is -0.610. The molecule has 0 aromatic heterocycles. The molecule has 17 heavy (non-hydrogen) atoms. The van der Waals surface area contributed by atoms with E-state index in [-0.39, 0.29) is 12.0 Å². The molecule has 2 fully saturated rings. The average Bonchev–Trinajstić information content (AvgIpc) is 2.74. The maximum Gasteiger partial charge on any atom is 0.323 e. The number of carbonyl (C=O) groups excluding carboxylic acids is 1. The number of rotatable bonds is 4. The van der Waals surface area contributed by atoms with Crippen molar-refractivity contribution in [3.8, 4) is 0 Å². The quantitative estimate of drug-likeness (QED) is 0.752. The van der Waals surface area contributed by atoms with Crippen molar-refractivity contribution in [2.45, 2.75) is 63.6 Å². The summed E-state index contributed by atoms with van der Waals surface area (Å²) >= 11 is 0. The minimum absolute atomic E-state index is 0.00859. The second kappa shape index (κ2) is 5.83. The molecule has 1 saturated heterocycles. The molecular weight excluding hydrogens is 216 g/mol. The van der Waals surface area contributed by atoms with Crippen molar-refractivity contribution in [3.63, 3.8) is 0 Å². The first-order chi connectivity index (χ1) is 8.22. The van der Waals surface area contributed by atoms with Gasteiger partial charge in [-0.05, 0) is 38.6 Å². The number of esters is 1. The predicted molar refractivity (Wildman–Crippen MR) is 66.6 cm³/mol. The molecule has 4 heteroatoms. The largest absolute Gasteiger partial charge is 0.464 e. The van der Waals surface area contributed by atoms with Crippen molar-refractivity contribution >= 4 is 5.97 Å². The highest BCUT2D eigenvalue weighted by molar-refractivity contribution is 5.77. The normalized spacial score (nSPS) is 34.1. The van der Waals surface area contributed by atoms with E-state index in [2.05, 4.69) is 11.8 Å². The lowest BCUT2D eigenvalue weighted by Crippen LogP contribution is -2.48. The molecule has 98 valence electrons. The van der Waals surface area contributed by atoms with Crippen LogP contribution >= 0.6 is 0 Å². The van der Waals surface area contributed by atoms with E-state index in [9.17, 15) is 4.79 Å². The molecule has 2 N–H and O–H groups in total. The van der Waals surface area contributed by atoms with E-state index in [1.54, 1.807) is 0 Å². The fourth-order valence-electron chi connectivity index (χ4n) is 3.07. The van der Waals surface area contributed by atoms with Crippen molar-refractivity contribution in [3.05, 3.63) is 0 Å². The van der Waals surface area contributed by atoms with Gasteiger partial charge in [0.2, 0.25) is 0 Å². The summed E-state index contributed by atoms with van der Waals surface area (Å²) in [5, 5.41) is 0. The van der Waals surface area contributed by atoms with Crippen LogP contribution < -0.4 is 5.73 Å². The first-order valence-corrected chi connectivity index (χ1v) is 6.90. The molecule has 1 atom stereocenters. The summed E-state index contributed by atoms with van der Waals surface area (Å²) in [6, 6.07) is 0.907. The third-order valence-corrected chi connectivity index (χ3v) is 4.00. The molecule has 2 rings (SSSR count). The van der Waals surface area contributed by atoms with Gasteiger partial charge < -0.3 is 10.5 Å². The molecule has 0 spiro atoms. The van der Waals surface area contributed by atoms with Gasteiger partial charge in [-0.25, -0.2) is 0 Å². The van der Waals surface area contributed by atoms with Crippen molar-refractivity contribution < 1.29 is 9.53 Å². The van der Waals surface area contributed by atoms with Crippen LogP contribution in [-0.2, 0) is 9.53 Å². The highest BCUT2D eigenvalue weighted by Gasteiger charge is 2.36. The maximum absolute atomic E-state index is 11.7.